The third-order valence-corrected chi connectivity index (χ3v) is 2.47. The number of furan rings is 1. The van der Waals surface area contributed by atoms with Gasteiger partial charge >= 0.3 is 0 Å². The smallest absolute Gasteiger partial charge is 0.134 e. The number of halogens is 1. The van der Waals surface area contributed by atoms with E-state index in [-0.39, 0.29) is 18.0 Å². The highest BCUT2D eigenvalue weighted by Crippen LogP contribution is 2.24. The lowest BCUT2D eigenvalue weighted by molar-refractivity contribution is 0.0649. The van der Waals surface area contributed by atoms with Gasteiger partial charge in [0, 0.05) is 5.39 Å². The van der Waals surface area contributed by atoms with Gasteiger partial charge in [-0.05, 0) is 38.1 Å². The zero-order valence-electron chi connectivity index (χ0n) is 9.94. The number of hydrogen-bond acceptors (Lipinski definition) is 3. The fourth-order valence-corrected chi connectivity index (χ4v) is 1.60. The standard InChI is InChI=1S/C13H16FNO2/c1-8(2)16-7-11(15)13-6-9-5-10(14)3-4-12(9)17-13/h3-6,8,11H,7,15H2,1-2H3. The Morgan fingerprint density at radius 3 is 2.82 bits per heavy atom. The molecule has 0 radical (unpaired) electrons. The molecule has 1 heterocycles. The Labute approximate surface area is 99.4 Å². The Balaban J connectivity index is 2.18. The molecule has 0 amide bonds. The second-order valence-corrected chi connectivity index (χ2v) is 4.32. The van der Waals surface area contributed by atoms with Gasteiger partial charge in [0.1, 0.15) is 17.2 Å². The molecule has 0 fully saturated rings. The molecule has 1 atom stereocenters. The Morgan fingerprint density at radius 2 is 2.12 bits per heavy atom. The van der Waals surface area contributed by atoms with Crippen molar-refractivity contribution in [3.05, 3.63) is 35.8 Å². The molecule has 0 aliphatic rings. The molecular formula is C13H16FNO2. The fourth-order valence-electron chi connectivity index (χ4n) is 1.60. The maximum Gasteiger partial charge on any atom is 0.134 e. The zero-order chi connectivity index (χ0) is 12.4. The van der Waals surface area contributed by atoms with Gasteiger partial charge in [0.25, 0.3) is 0 Å². The summed E-state index contributed by atoms with van der Waals surface area (Å²) in [5, 5.41) is 0.722. The van der Waals surface area contributed by atoms with Crippen molar-refractivity contribution in [2.24, 2.45) is 5.73 Å². The fraction of sp³-hybridized carbons (Fsp3) is 0.385. The van der Waals surface area contributed by atoms with E-state index in [2.05, 4.69) is 0 Å². The van der Waals surface area contributed by atoms with Crippen LogP contribution in [0.2, 0.25) is 0 Å². The number of benzene rings is 1. The van der Waals surface area contributed by atoms with E-state index < -0.39 is 0 Å². The molecule has 1 aromatic carbocycles. The van der Waals surface area contributed by atoms with Crippen LogP contribution in [0.15, 0.2) is 28.7 Å². The van der Waals surface area contributed by atoms with Crippen molar-refractivity contribution in [1.29, 1.82) is 0 Å². The Bertz CT molecular complexity index is 507. The van der Waals surface area contributed by atoms with Crippen molar-refractivity contribution in [3.8, 4) is 0 Å². The molecule has 2 aromatic rings. The lowest BCUT2D eigenvalue weighted by Gasteiger charge is -2.11. The molecule has 0 spiro atoms. The average molecular weight is 237 g/mol. The summed E-state index contributed by atoms with van der Waals surface area (Å²) in [5.74, 6) is 0.336. The molecule has 17 heavy (non-hydrogen) atoms. The summed E-state index contributed by atoms with van der Waals surface area (Å²) in [4.78, 5) is 0. The molecule has 0 bridgehead atoms. The van der Waals surface area contributed by atoms with Gasteiger partial charge in [0.2, 0.25) is 0 Å². The predicted octanol–water partition coefficient (Wildman–Crippen LogP) is 3.00. The molecule has 1 aromatic heterocycles. The predicted molar refractivity (Wildman–Crippen MR) is 64.2 cm³/mol. The van der Waals surface area contributed by atoms with Crippen LogP contribution in [0.25, 0.3) is 11.0 Å². The molecule has 0 saturated carbocycles. The monoisotopic (exact) mass is 237 g/mol. The van der Waals surface area contributed by atoms with Crippen LogP contribution in [0.3, 0.4) is 0 Å². The average Bonchev–Trinajstić information content (AvgIpc) is 2.68. The second kappa shape index (κ2) is 4.85. The van der Waals surface area contributed by atoms with Crippen LogP contribution < -0.4 is 5.73 Å². The first-order valence-electron chi connectivity index (χ1n) is 5.62. The zero-order valence-corrected chi connectivity index (χ0v) is 9.94. The normalized spacial score (nSPS) is 13.5. The Kier molecular flexibility index (Phi) is 3.45. The first-order valence-corrected chi connectivity index (χ1v) is 5.62. The van der Waals surface area contributed by atoms with Crippen LogP contribution in [-0.2, 0) is 4.74 Å². The minimum atomic E-state index is -0.326. The quantitative estimate of drug-likeness (QED) is 0.889. The summed E-state index contributed by atoms with van der Waals surface area (Å²) >= 11 is 0. The maximum absolute atomic E-state index is 13.0. The van der Waals surface area contributed by atoms with Crippen LogP contribution in [0.5, 0.6) is 0 Å². The van der Waals surface area contributed by atoms with Crippen molar-refractivity contribution in [3.63, 3.8) is 0 Å². The molecule has 1 unspecified atom stereocenters. The summed E-state index contributed by atoms with van der Waals surface area (Å²) in [6.07, 6.45) is 0.128. The van der Waals surface area contributed by atoms with E-state index >= 15 is 0 Å². The number of rotatable bonds is 4. The van der Waals surface area contributed by atoms with Gasteiger partial charge < -0.3 is 14.9 Å². The van der Waals surface area contributed by atoms with E-state index in [1.165, 1.54) is 12.1 Å². The molecule has 2 N–H and O–H groups in total. The summed E-state index contributed by atoms with van der Waals surface area (Å²) in [7, 11) is 0. The van der Waals surface area contributed by atoms with Gasteiger partial charge in [-0.3, -0.25) is 0 Å². The molecule has 0 aliphatic carbocycles. The van der Waals surface area contributed by atoms with Gasteiger partial charge in [-0.1, -0.05) is 0 Å². The van der Waals surface area contributed by atoms with E-state index in [0.717, 1.165) is 5.39 Å². The number of nitrogens with two attached hydrogens (primary N) is 1. The maximum atomic E-state index is 13.0. The summed E-state index contributed by atoms with van der Waals surface area (Å²) in [5.41, 5.74) is 6.57. The molecular weight excluding hydrogens is 221 g/mol. The van der Waals surface area contributed by atoms with Crippen LogP contribution in [0.1, 0.15) is 25.6 Å². The molecule has 92 valence electrons. The van der Waals surface area contributed by atoms with Crippen molar-refractivity contribution in [2.45, 2.75) is 26.0 Å². The highest BCUT2D eigenvalue weighted by atomic mass is 19.1. The first-order chi connectivity index (χ1) is 8.06. The highest BCUT2D eigenvalue weighted by Gasteiger charge is 2.13. The topological polar surface area (TPSA) is 48.4 Å². The van der Waals surface area contributed by atoms with Gasteiger partial charge in [-0.15, -0.1) is 0 Å². The molecule has 3 nitrogen and oxygen atoms in total. The lowest BCUT2D eigenvalue weighted by atomic mass is 10.2. The third kappa shape index (κ3) is 2.84. The second-order valence-electron chi connectivity index (χ2n) is 4.32. The summed E-state index contributed by atoms with van der Waals surface area (Å²) in [6.45, 7) is 4.28. The first kappa shape index (κ1) is 12.1. The number of fused-ring (bicyclic) bond motifs is 1. The SMILES string of the molecule is CC(C)OCC(N)c1cc2cc(F)ccc2o1. The Hall–Kier alpha value is -1.39. The highest BCUT2D eigenvalue weighted by molar-refractivity contribution is 5.77. The van der Waals surface area contributed by atoms with Gasteiger partial charge in [0.15, 0.2) is 0 Å². The Morgan fingerprint density at radius 1 is 1.35 bits per heavy atom. The van der Waals surface area contributed by atoms with Crippen LogP contribution in [0.4, 0.5) is 4.39 Å². The minimum absolute atomic E-state index is 0.128. The number of ether oxygens (including phenoxy) is 1. The van der Waals surface area contributed by atoms with E-state index in [1.807, 2.05) is 13.8 Å². The van der Waals surface area contributed by atoms with Crippen LogP contribution in [-0.4, -0.2) is 12.7 Å². The van der Waals surface area contributed by atoms with Crippen LogP contribution >= 0.6 is 0 Å². The van der Waals surface area contributed by atoms with E-state index in [1.54, 1.807) is 12.1 Å². The molecule has 0 saturated heterocycles. The minimum Gasteiger partial charge on any atom is -0.459 e. The van der Waals surface area contributed by atoms with E-state index in [4.69, 9.17) is 14.9 Å². The molecule has 0 aliphatic heterocycles. The van der Waals surface area contributed by atoms with Gasteiger partial charge in [0.05, 0.1) is 18.8 Å². The van der Waals surface area contributed by atoms with Gasteiger partial charge in [-0.2, -0.15) is 0 Å². The van der Waals surface area contributed by atoms with Crippen molar-refractivity contribution in [1.82, 2.24) is 0 Å². The van der Waals surface area contributed by atoms with Crippen molar-refractivity contribution in [2.75, 3.05) is 6.61 Å². The molecule has 2 rings (SSSR count). The van der Waals surface area contributed by atoms with E-state index in [9.17, 15) is 4.39 Å². The lowest BCUT2D eigenvalue weighted by Crippen LogP contribution is -2.18. The summed E-state index contributed by atoms with van der Waals surface area (Å²) < 4.78 is 24.0. The third-order valence-electron chi connectivity index (χ3n) is 2.47. The summed E-state index contributed by atoms with van der Waals surface area (Å²) in [6, 6.07) is 5.83. The number of hydrogen-bond donors (Lipinski definition) is 1. The van der Waals surface area contributed by atoms with Gasteiger partial charge in [-0.25, -0.2) is 4.39 Å². The largest absolute Gasteiger partial charge is 0.459 e. The molecule has 4 heteroatoms. The van der Waals surface area contributed by atoms with Crippen molar-refractivity contribution >= 4 is 11.0 Å². The van der Waals surface area contributed by atoms with Crippen LogP contribution in [0, 0.1) is 5.82 Å². The van der Waals surface area contributed by atoms with Crippen molar-refractivity contribution < 1.29 is 13.5 Å². The van der Waals surface area contributed by atoms with E-state index in [0.29, 0.717) is 18.0 Å².